The lowest BCUT2D eigenvalue weighted by atomic mass is 9.98. The van der Waals surface area contributed by atoms with Crippen molar-refractivity contribution in [2.45, 2.75) is 52.6 Å². The van der Waals surface area contributed by atoms with Gasteiger partial charge in [-0.1, -0.05) is 19.1 Å². The number of benzene rings is 1. The largest absolute Gasteiger partial charge is 0.494 e. The van der Waals surface area contributed by atoms with Crippen molar-refractivity contribution in [2.24, 2.45) is 5.41 Å². The summed E-state index contributed by atoms with van der Waals surface area (Å²) in [6.45, 7) is 9.64. The van der Waals surface area contributed by atoms with Crippen molar-refractivity contribution < 1.29 is 4.74 Å². The third kappa shape index (κ3) is 3.05. The molecule has 0 amide bonds. The van der Waals surface area contributed by atoms with Gasteiger partial charge in [-0.3, -0.25) is 0 Å². The Morgan fingerprint density at radius 3 is 2.33 bits per heavy atom. The van der Waals surface area contributed by atoms with Crippen LogP contribution in [0.15, 0.2) is 24.3 Å². The lowest BCUT2D eigenvalue weighted by Crippen LogP contribution is -2.35. The molecule has 1 aromatic rings. The van der Waals surface area contributed by atoms with Gasteiger partial charge in [0.25, 0.3) is 0 Å². The molecule has 2 rings (SSSR count). The molecule has 18 heavy (non-hydrogen) atoms. The van der Waals surface area contributed by atoms with Crippen LogP contribution in [0.2, 0.25) is 0 Å². The standard InChI is InChI=1S/C16H25NO/c1-5-18-15-8-6-14(7-9-15)12(2)17-13(3)16(4)10-11-16/h6-9,12-13,17H,5,10-11H2,1-4H3. The van der Waals surface area contributed by atoms with Gasteiger partial charge in [0.2, 0.25) is 0 Å². The van der Waals surface area contributed by atoms with E-state index in [2.05, 4.69) is 50.4 Å². The topological polar surface area (TPSA) is 21.3 Å². The molecule has 0 heterocycles. The van der Waals surface area contributed by atoms with Crippen LogP contribution in [-0.2, 0) is 0 Å². The molecule has 0 aliphatic heterocycles. The lowest BCUT2D eigenvalue weighted by Gasteiger charge is -2.25. The fourth-order valence-corrected chi connectivity index (χ4v) is 2.32. The molecule has 2 unspecified atom stereocenters. The molecule has 1 aliphatic rings. The van der Waals surface area contributed by atoms with Gasteiger partial charge in [-0.05, 0) is 56.7 Å². The Morgan fingerprint density at radius 2 is 1.83 bits per heavy atom. The Kier molecular flexibility index (Phi) is 3.96. The summed E-state index contributed by atoms with van der Waals surface area (Å²) in [5.41, 5.74) is 1.86. The Labute approximate surface area is 111 Å². The number of ether oxygens (including phenoxy) is 1. The first-order chi connectivity index (χ1) is 8.55. The molecule has 0 radical (unpaired) electrons. The van der Waals surface area contributed by atoms with Gasteiger partial charge < -0.3 is 10.1 Å². The molecule has 1 N–H and O–H groups in total. The van der Waals surface area contributed by atoms with Gasteiger partial charge in [-0.15, -0.1) is 0 Å². The highest BCUT2D eigenvalue weighted by molar-refractivity contribution is 5.29. The van der Waals surface area contributed by atoms with Gasteiger partial charge in [0.1, 0.15) is 5.75 Å². The molecule has 100 valence electrons. The Hall–Kier alpha value is -1.02. The van der Waals surface area contributed by atoms with Crippen molar-refractivity contribution in [1.82, 2.24) is 5.32 Å². The van der Waals surface area contributed by atoms with E-state index < -0.39 is 0 Å². The SMILES string of the molecule is CCOc1ccc(C(C)NC(C)C2(C)CC2)cc1. The third-order valence-corrected chi connectivity index (χ3v) is 4.28. The molecule has 1 saturated carbocycles. The second kappa shape index (κ2) is 5.31. The van der Waals surface area contributed by atoms with E-state index in [1.54, 1.807) is 0 Å². The van der Waals surface area contributed by atoms with Crippen molar-refractivity contribution in [3.8, 4) is 5.75 Å². The van der Waals surface area contributed by atoms with Crippen molar-refractivity contribution in [3.63, 3.8) is 0 Å². The summed E-state index contributed by atoms with van der Waals surface area (Å²) in [4.78, 5) is 0. The van der Waals surface area contributed by atoms with E-state index in [-0.39, 0.29) is 0 Å². The maximum atomic E-state index is 5.47. The molecule has 0 aromatic heterocycles. The molecular formula is C16H25NO. The van der Waals surface area contributed by atoms with Crippen LogP contribution in [-0.4, -0.2) is 12.6 Å². The van der Waals surface area contributed by atoms with Crippen molar-refractivity contribution in [3.05, 3.63) is 29.8 Å². The molecule has 2 heteroatoms. The van der Waals surface area contributed by atoms with E-state index >= 15 is 0 Å². The van der Waals surface area contributed by atoms with Crippen LogP contribution in [0.1, 0.15) is 52.1 Å². The fourth-order valence-electron chi connectivity index (χ4n) is 2.32. The highest BCUT2D eigenvalue weighted by atomic mass is 16.5. The summed E-state index contributed by atoms with van der Waals surface area (Å²) < 4.78 is 5.47. The summed E-state index contributed by atoms with van der Waals surface area (Å²) in [7, 11) is 0. The van der Waals surface area contributed by atoms with E-state index in [0.29, 0.717) is 17.5 Å². The van der Waals surface area contributed by atoms with Gasteiger partial charge in [0, 0.05) is 12.1 Å². The molecule has 1 aromatic carbocycles. The molecule has 2 nitrogen and oxygen atoms in total. The smallest absolute Gasteiger partial charge is 0.119 e. The normalized spacial score (nSPS) is 20.2. The highest BCUT2D eigenvalue weighted by Crippen LogP contribution is 2.48. The first-order valence-corrected chi connectivity index (χ1v) is 7.04. The van der Waals surface area contributed by atoms with Crippen LogP contribution in [0, 0.1) is 5.41 Å². The Balaban J connectivity index is 1.93. The van der Waals surface area contributed by atoms with Crippen molar-refractivity contribution in [1.29, 1.82) is 0 Å². The molecule has 1 aliphatic carbocycles. The van der Waals surface area contributed by atoms with E-state index in [9.17, 15) is 0 Å². The number of nitrogens with one attached hydrogen (secondary N) is 1. The van der Waals surface area contributed by atoms with Crippen LogP contribution in [0.5, 0.6) is 5.75 Å². The maximum absolute atomic E-state index is 5.47. The second-order valence-corrected chi connectivity index (χ2v) is 5.77. The Morgan fingerprint density at radius 1 is 1.22 bits per heavy atom. The average Bonchev–Trinajstić information content (AvgIpc) is 3.10. The van der Waals surface area contributed by atoms with Gasteiger partial charge in [0.05, 0.1) is 6.61 Å². The van der Waals surface area contributed by atoms with Gasteiger partial charge in [-0.25, -0.2) is 0 Å². The molecule has 1 fully saturated rings. The average molecular weight is 247 g/mol. The zero-order chi connectivity index (χ0) is 13.2. The predicted molar refractivity (Wildman–Crippen MR) is 76.0 cm³/mol. The highest BCUT2D eigenvalue weighted by Gasteiger charge is 2.42. The summed E-state index contributed by atoms with van der Waals surface area (Å²) >= 11 is 0. The zero-order valence-electron chi connectivity index (χ0n) is 12.0. The number of rotatable bonds is 6. The summed E-state index contributed by atoms with van der Waals surface area (Å²) in [6.07, 6.45) is 2.72. The maximum Gasteiger partial charge on any atom is 0.119 e. The minimum absolute atomic E-state index is 0.396. The summed E-state index contributed by atoms with van der Waals surface area (Å²) in [5.74, 6) is 0.954. The van der Waals surface area contributed by atoms with E-state index in [0.717, 1.165) is 12.4 Å². The second-order valence-electron chi connectivity index (χ2n) is 5.77. The fraction of sp³-hybridized carbons (Fsp3) is 0.625. The van der Waals surface area contributed by atoms with Crippen LogP contribution >= 0.6 is 0 Å². The van der Waals surface area contributed by atoms with E-state index in [1.165, 1.54) is 18.4 Å². The summed E-state index contributed by atoms with van der Waals surface area (Å²) in [5, 5.41) is 3.71. The molecule has 0 saturated heterocycles. The van der Waals surface area contributed by atoms with Crippen LogP contribution < -0.4 is 10.1 Å². The predicted octanol–water partition coefficient (Wildman–Crippen LogP) is 3.92. The van der Waals surface area contributed by atoms with Crippen LogP contribution in [0.4, 0.5) is 0 Å². The summed E-state index contributed by atoms with van der Waals surface area (Å²) in [6, 6.07) is 9.41. The number of hydrogen-bond donors (Lipinski definition) is 1. The minimum Gasteiger partial charge on any atom is -0.494 e. The number of hydrogen-bond acceptors (Lipinski definition) is 2. The van der Waals surface area contributed by atoms with Gasteiger partial charge >= 0.3 is 0 Å². The van der Waals surface area contributed by atoms with Gasteiger partial charge in [-0.2, -0.15) is 0 Å². The van der Waals surface area contributed by atoms with E-state index in [4.69, 9.17) is 4.74 Å². The van der Waals surface area contributed by atoms with Gasteiger partial charge in [0.15, 0.2) is 0 Å². The quantitative estimate of drug-likeness (QED) is 0.822. The molecule has 0 bridgehead atoms. The van der Waals surface area contributed by atoms with E-state index in [1.807, 2.05) is 6.92 Å². The molecule has 0 spiro atoms. The van der Waals surface area contributed by atoms with Crippen molar-refractivity contribution >= 4 is 0 Å². The Bertz CT molecular complexity index is 381. The monoisotopic (exact) mass is 247 g/mol. The molecule has 2 atom stereocenters. The zero-order valence-corrected chi connectivity index (χ0v) is 12.0. The first-order valence-electron chi connectivity index (χ1n) is 7.04. The third-order valence-electron chi connectivity index (χ3n) is 4.28. The van der Waals surface area contributed by atoms with Crippen molar-refractivity contribution in [2.75, 3.05) is 6.61 Å². The molecular weight excluding hydrogens is 222 g/mol. The first kappa shape index (κ1) is 13.4. The van der Waals surface area contributed by atoms with Crippen LogP contribution in [0.3, 0.4) is 0 Å². The van der Waals surface area contributed by atoms with Crippen LogP contribution in [0.25, 0.3) is 0 Å². The lowest BCUT2D eigenvalue weighted by molar-refractivity contribution is 0.338. The minimum atomic E-state index is 0.396.